The first-order chi connectivity index (χ1) is 22.1. The van der Waals surface area contributed by atoms with Crippen LogP contribution >= 0.6 is 50.5 Å². The van der Waals surface area contributed by atoms with Gasteiger partial charge in [0.25, 0.3) is 0 Å². The summed E-state index contributed by atoms with van der Waals surface area (Å²) in [5.74, 6) is 1.75. The van der Waals surface area contributed by atoms with Gasteiger partial charge < -0.3 is 12.3 Å². The van der Waals surface area contributed by atoms with Gasteiger partial charge in [0, 0.05) is 12.1 Å². The second-order valence-corrected chi connectivity index (χ2v) is 23.6. The fourth-order valence-corrected chi connectivity index (χ4v) is 9.50. The Hall–Kier alpha value is 0.677. The van der Waals surface area contributed by atoms with Crippen LogP contribution in [0.1, 0.15) is 83.1 Å². The van der Waals surface area contributed by atoms with Crippen molar-refractivity contribution in [1.82, 2.24) is 0 Å². The van der Waals surface area contributed by atoms with Crippen molar-refractivity contribution >= 4 is 50.5 Å². The summed E-state index contributed by atoms with van der Waals surface area (Å²) in [4.78, 5) is 0. The van der Waals surface area contributed by atoms with Gasteiger partial charge in [-0.25, -0.2) is 26.6 Å². The van der Waals surface area contributed by atoms with Crippen LogP contribution in [-0.4, -0.2) is 73.9 Å². The fraction of sp³-hybridized carbons (Fsp3) is 0.706. The summed E-state index contributed by atoms with van der Waals surface area (Å²) in [6.45, 7) is 27.7. The predicted molar refractivity (Wildman–Crippen MR) is 215 cm³/mol. The molecule has 0 bridgehead atoms. The molecule has 0 N–H and O–H groups in total. The molecule has 12 heteroatoms. The first-order valence-corrected chi connectivity index (χ1v) is 30.2. The van der Waals surface area contributed by atoms with E-state index in [-0.39, 0.29) is 37.3 Å². The summed E-state index contributed by atoms with van der Waals surface area (Å²) < 4.78 is 0. The predicted octanol–water partition coefficient (Wildman–Crippen LogP) is 11.1. The quantitative estimate of drug-likeness (QED) is 0.0604. The molecule has 46 heavy (non-hydrogen) atoms. The van der Waals surface area contributed by atoms with Crippen LogP contribution in [0, 0.1) is 63.7 Å². The van der Waals surface area contributed by atoms with E-state index < -0.39 is 11.1 Å². The van der Waals surface area contributed by atoms with E-state index in [2.05, 4.69) is 108 Å². The molecule has 0 fully saturated rings. The van der Waals surface area contributed by atoms with Gasteiger partial charge in [0.1, 0.15) is 0 Å². The van der Waals surface area contributed by atoms with E-state index in [0.717, 1.165) is 0 Å². The van der Waals surface area contributed by atoms with Gasteiger partial charge in [0.05, 0.1) is 86.1 Å². The van der Waals surface area contributed by atoms with Crippen molar-refractivity contribution in [1.29, 1.82) is 21.0 Å². The molecular formula is C34H64Cl2N4P4Pt2+4. The number of halogens is 2. The van der Waals surface area contributed by atoms with Crippen molar-refractivity contribution in [2.24, 2.45) is 0 Å². The van der Waals surface area contributed by atoms with Gasteiger partial charge >= 0.3 is 56.4 Å². The average molecular weight is 1110 g/mol. The summed E-state index contributed by atoms with van der Waals surface area (Å²) in [6.07, 6.45) is 26.3. The minimum atomic E-state index is -0.414. The van der Waals surface area contributed by atoms with Crippen LogP contribution in [0.2, 0.25) is 0 Å². The number of hydrogen-bond acceptors (Lipinski definition) is 4. The number of allylic oxidation sites excluding steroid dienone is 4. The number of nitriles is 4. The number of hydrogen-bond donors (Lipinski definition) is 0. The summed E-state index contributed by atoms with van der Waals surface area (Å²) in [6, 6.07) is 5.97. The zero-order valence-electron chi connectivity index (χ0n) is 30.7. The van der Waals surface area contributed by atoms with Crippen molar-refractivity contribution in [3.8, 4) is 30.2 Å². The molecule has 0 saturated carbocycles. The third-order valence-electron chi connectivity index (χ3n) is 7.07. The Morgan fingerprint density at radius 1 is 0.478 bits per heavy atom. The molecule has 4 nitrogen and oxygen atoms in total. The Labute approximate surface area is 323 Å². The van der Waals surface area contributed by atoms with E-state index in [1.54, 1.807) is 43.5 Å². The first-order valence-electron chi connectivity index (χ1n) is 16.1. The molecule has 270 valence electrons. The van der Waals surface area contributed by atoms with Crippen molar-refractivity contribution in [2.75, 3.05) is 73.9 Å². The number of nitrogens with zero attached hydrogens (tertiary/aromatic N) is 4. The van der Waals surface area contributed by atoms with Crippen LogP contribution in [0.5, 0.6) is 0 Å². The maximum atomic E-state index is 8.42. The van der Waals surface area contributed by atoms with Gasteiger partial charge in [-0.2, -0.15) is 6.08 Å². The molecule has 0 aromatic heterocycles. The zero-order valence-corrected chi connectivity index (χ0v) is 40.7. The van der Waals surface area contributed by atoms with E-state index in [0.29, 0.717) is 0 Å². The van der Waals surface area contributed by atoms with Gasteiger partial charge in [-0.3, -0.25) is 0 Å². The Balaban J connectivity index is -0.0000000832. The monoisotopic (exact) mass is 1110 g/mol. The van der Waals surface area contributed by atoms with Gasteiger partial charge in [-0.05, 0) is 126 Å². The van der Waals surface area contributed by atoms with Gasteiger partial charge in [-0.1, -0.05) is 0 Å². The normalized spacial score (nSPS) is 8.46. The molecule has 0 radical (unpaired) electrons. The summed E-state index contributed by atoms with van der Waals surface area (Å²) in [5.41, 5.74) is -1.13. The minimum absolute atomic E-state index is 0.137. The first kappa shape index (κ1) is 61.9. The average Bonchev–Trinajstić information content (AvgIpc) is 3.12. The molecule has 0 amide bonds. The second kappa shape index (κ2) is 57.9. The fourth-order valence-electron chi connectivity index (χ4n) is 3.50. The van der Waals surface area contributed by atoms with Crippen LogP contribution in [0.3, 0.4) is 0 Å². The third-order valence-corrected chi connectivity index (χ3v) is 19.1. The number of rotatable bonds is 13. The molecule has 0 aliphatic carbocycles. The van der Waals surface area contributed by atoms with E-state index in [1.165, 1.54) is 98.2 Å². The van der Waals surface area contributed by atoms with Gasteiger partial charge in [0.2, 0.25) is 0 Å². The molecule has 0 unspecified atom stereocenters. The van der Waals surface area contributed by atoms with Crippen molar-refractivity contribution in [3.05, 3.63) is 29.2 Å². The summed E-state index contributed by atoms with van der Waals surface area (Å²) >= 11 is 3.22. The van der Waals surface area contributed by atoms with Crippen LogP contribution in [0.15, 0.2) is 16.7 Å². The van der Waals surface area contributed by atoms with E-state index in [1.807, 2.05) is 0 Å². The van der Waals surface area contributed by atoms with Crippen LogP contribution in [-0.2, 0) is 37.5 Å². The van der Waals surface area contributed by atoms with E-state index >= 15 is 0 Å². The zero-order chi connectivity index (χ0) is 37.8. The molecule has 0 atom stereocenters. The molecule has 0 heterocycles. The summed E-state index contributed by atoms with van der Waals surface area (Å²) in [5, 5.41) is 33.5. The Kier molecular flexibility index (Phi) is 77.9. The second-order valence-electron chi connectivity index (χ2n) is 9.06. The molecule has 0 spiro atoms. The van der Waals surface area contributed by atoms with Gasteiger partial charge in [-0.15, -0.1) is 0 Å². The molecule has 0 saturated heterocycles. The molecular weight excluding hydrogens is 1050 g/mol. The molecule has 0 aliphatic rings. The Bertz CT molecular complexity index is 785. The summed E-state index contributed by atoms with van der Waals surface area (Å²) in [7, 11) is 9.77. The van der Waals surface area contributed by atoms with Crippen molar-refractivity contribution in [3.63, 3.8) is 0 Å². The van der Waals surface area contributed by atoms with E-state index in [9.17, 15) is 0 Å². The third kappa shape index (κ3) is 46.8. The Morgan fingerprint density at radius 2 is 0.674 bits per heavy atom. The van der Waals surface area contributed by atoms with Crippen LogP contribution < -0.4 is 0 Å². The van der Waals surface area contributed by atoms with Crippen molar-refractivity contribution in [2.45, 2.75) is 83.1 Å². The van der Waals surface area contributed by atoms with Crippen LogP contribution in [0.4, 0.5) is 0 Å². The maximum absolute atomic E-state index is 8.42. The standard InChI is InChI=1S/C10N4.4C6H15P.2ClH.2Pt/c1-2-9(10(6-13)7-14)3-8(4-11)5-12;4*1-4-7(5-2)6-3;;;;/h;4*4-6H2,1-3H3;2*1H;;/q-2;;;;;;;2*+2/p+2. The topological polar surface area (TPSA) is 95.2 Å². The van der Waals surface area contributed by atoms with Crippen molar-refractivity contribution < 1.29 is 37.5 Å². The molecule has 0 aliphatic heterocycles. The Morgan fingerprint density at radius 3 is 0.761 bits per heavy atom. The molecule has 0 rings (SSSR count). The molecule has 0 aromatic rings. The molecule has 0 aromatic carbocycles. The van der Waals surface area contributed by atoms with Gasteiger partial charge in [0.15, 0.2) is 0 Å². The van der Waals surface area contributed by atoms with E-state index in [4.69, 9.17) is 27.5 Å². The SMILES string of the molecule is CC[PH+](CC)CC.CC[PH+](CC)CC.CC[PH+](CC)CC.CC[PH+](CC)CC.[C-]#CC([C-]=C(C#N)C#N)=C(C#N)C#N.[Cl][Pt+].[Cl][Pt+]. The van der Waals surface area contributed by atoms with Crippen LogP contribution in [0.25, 0.3) is 0 Å².